The second-order valence-corrected chi connectivity index (χ2v) is 3.54. The summed E-state index contributed by atoms with van der Waals surface area (Å²) in [5, 5.41) is 9.41. The fourth-order valence-corrected chi connectivity index (χ4v) is 1.47. The van der Waals surface area contributed by atoms with E-state index in [1.807, 2.05) is 0 Å². The van der Waals surface area contributed by atoms with Gasteiger partial charge >= 0.3 is 0 Å². The molecule has 0 aliphatic carbocycles. The lowest BCUT2D eigenvalue weighted by Gasteiger charge is -2.08. The van der Waals surface area contributed by atoms with Crippen LogP contribution in [0.2, 0.25) is 5.15 Å². The van der Waals surface area contributed by atoms with E-state index in [1.165, 1.54) is 6.07 Å². The Morgan fingerprint density at radius 1 is 1.79 bits per heavy atom. The molecule has 0 bridgehead atoms. The van der Waals surface area contributed by atoms with Gasteiger partial charge in [0.1, 0.15) is 5.15 Å². The Balaban J connectivity index is 1.95. The van der Waals surface area contributed by atoms with Crippen LogP contribution in [0, 0.1) is 0 Å². The predicted octanol–water partition coefficient (Wildman–Crippen LogP) is 0.582. The summed E-state index contributed by atoms with van der Waals surface area (Å²) in [5.74, 6) is -0.219. The van der Waals surface area contributed by atoms with E-state index >= 15 is 0 Å². The number of H-pyrrole nitrogens is 1. The molecule has 0 spiro atoms. The molecule has 1 aromatic heterocycles. The summed E-state index contributed by atoms with van der Waals surface area (Å²) in [6, 6.07) is 1.59. The van der Waals surface area contributed by atoms with Crippen LogP contribution >= 0.6 is 11.6 Å². The molecule has 1 aliphatic rings. The number of amides is 1. The van der Waals surface area contributed by atoms with Crippen molar-refractivity contribution >= 4 is 17.5 Å². The lowest BCUT2D eigenvalue weighted by Crippen LogP contribution is -2.35. The van der Waals surface area contributed by atoms with E-state index in [2.05, 4.69) is 15.5 Å². The third-order valence-electron chi connectivity index (χ3n) is 2.04. The van der Waals surface area contributed by atoms with E-state index in [0.717, 1.165) is 6.42 Å². The Hall–Kier alpha value is -1.07. The summed E-state index contributed by atoms with van der Waals surface area (Å²) in [5.41, 5.74) is 0.307. The van der Waals surface area contributed by atoms with Crippen molar-refractivity contribution in [3.63, 3.8) is 0 Å². The number of carbonyl (C=O) groups excluding carboxylic acids is 1. The van der Waals surface area contributed by atoms with Crippen LogP contribution in [0.3, 0.4) is 0 Å². The molecule has 0 aromatic carbocycles. The molecule has 2 rings (SSSR count). The lowest BCUT2D eigenvalue weighted by molar-refractivity contribution is 0.0925. The standard InChI is InChI=1S/C8H10ClN3O2/c9-7-3-6(11-12-7)8(13)10-5-1-2-14-4-5/h3,5H,1-2,4H2,(H,10,13)(H,11,12)/t5-/m0/s1. The van der Waals surface area contributed by atoms with Crippen molar-refractivity contribution in [3.05, 3.63) is 16.9 Å². The number of rotatable bonds is 2. The molecule has 2 N–H and O–H groups in total. The first kappa shape index (κ1) is 9.48. The van der Waals surface area contributed by atoms with Gasteiger partial charge in [-0.2, -0.15) is 5.10 Å². The maximum absolute atomic E-state index is 11.5. The van der Waals surface area contributed by atoms with E-state index in [0.29, 0.717) is 24.1 Å². The molecule has 14 heavy (non-hydrogen) atoms. The number of aromatic amines is 1. The van der Waals surface area contributed by atoms with E-state index < -0.39 is 0 Å². The molecular weight excluding hydrogens is 206 g/mol. The van der Waals surface area contributed by atoms with Crippen LogP contribution in [0.15, 0.2) is 6.07 Å². The Bertz CT molecular complexity index is 333. The zero-order valence-corrected chi connectivity index (χ0v) is 8.17. The van der Waals surface area contributed by atoms with Crippen molar-refractivity contribution in [2.24, 2.45) is 0 Å². The summed E-state index contributed by atoms with van der Waals surface area (Å²) >= 11 is 5.60. The monoisotopic (exact) mass is 215 g/mol. The first-order chi connectivity index (χ1) is 6.75. The van der Waals surface area contributed by atoms with Crippen molar-refractivity contribution in [2.75, 3.05) is 13.2 Å². The van der Waals surface area contributed by atoms with Crippen molar-refractivity contribution in [2.45, 2.75) is 12.5 Å². The molecule has 0 saturated carbocycles. The van der Waals surface area contributed by atoms with Gasteiger partial charge in [0.05, 0.1) is 12.6 Å². The highest BCUT2D eigenvalue weighted by molar-refractivity contribution is 6.29. The van der Waals surface area contributed by atoms with Crippen LogP contribution in [0.25, 0.3) is 0 Å². The van der Waals surface area contributed by atoms with Crippen molar-refractivity contribution in [1.29, 1.82) is 0 Å². The third kappa shape index (κ3) is 2.05. The first-order valence-corrected chi connectivity index (χ1v) is 4.73. The molecule has 5 nitrogen and oxygen atoms in total. The molecule has 1 saturated heterocycles. The highest BCUT2D eigenvalue weighted by Crippen LogP contribution is 2.07. The number of halogens is 1. The van der Waals surface area contributed by atoms with E-state index in [1.54, 1.807) is 0 Å². The lowest BCUT2D eigenvalue weighted by atomic mass is 10.2. The molecule has 1 aromatic rings. The fraction of sp³-hybridized carbons (Fsp3) is 0.500. The number of carbonyl (C=O) groups is 1. The van der Waals surface area contributed by atoms with E-state index in [-0.39, 0.29) is 11.9 Å². The summed E-state index contributed by atoms with van der Waals surface area (Å²) < 4.78 is 5.13. The highest BCUT2D eigenvalue weighted by atomic mass is 35.5. The Morgan fingerprint density at radius 2 is 2.64 bits per heavy atom. The van der Waals surface area contributed by atoms with Crippen LogP contribution in [-0.4, -0.2) is 35.4 Å². The summed E-state index contributed by atoms with van der Waals surface area (Å²) in [7, 11) is 0. The summed E-state index contributed by atoms with van der Waals surface area (Å²) in [4.78, 5) is 11.5. The summed E-state index contributed by atoms with van der Waals surface area (Å²) in [6.07, 6.45) is 0.851. The third-order valence-corrected chi connectivity index (χ3v) is 2.24. The van der Waals surface area contributed by atoms with Crippen molar-refractivity contribution < 1.29 is 9.53 Å². The van der Waals surface area contributed by atoms with Gasteiger partial charge in [0.2, 0.25) is 0 Å². The highest BCUT2D eigenvalue weighted by Gasteiger charge is 2.19. The molecule has 2 heterocycles. The molecule has 1 aliphatic heterocycles. The zero-order valence-electron chi connectivity index (χ0n) is 7.42. The predicted molar refractivity (Wildman–Crippen MR) is 50.3 cm³/mol. The Morgan fingerprint density at radius 3 is 3.21 bits per heavy atom. The molecular formula is C8H10ClN3O2. The maximum Gasteiger partial charge on any atom is 0.272 e. The molecule has 1 amide bonds. The second kappa shape index (κ2) is 3.98. The van der Waals surface area contributed by atoms with Gasteiger partial charge in [-0.1, -0.05) is 11.6 Å². The average Bonchev–Trinajstić information content (AvgIpc) is 2.75. The smallest absolute Gasteiger partial charge is 0.272 e. The van der Waals surface area contributed by atoms with Gasteiger partial charge in [0, 0.05) is 12.7 Å². The number of hydrogen-bond acceptors (Lipinski definition) is 3. The van der Waals surface area contributed by atoms with Crippen LogP contribution in [0.5, 0.6) is 0 Å². The SMILES string of the molecule is O=C(N[C@H]1CCOC1)c1cc(Cl)[nH]n1. The minimum Gasteiger partial charge on any atom is -0.379 e. The molecule has 0 radical (unpaired) electrons. The average molecular weight is 216 g/mol. The second-order valence-electron chi connectivity index (χ2n) is 3.14. The van der Waals surface area contributed by atoms with Gasteiger partial charge in [0.15, 0.2) is 5.69 Å². The molecule has 6 heteroatoms. The van der Waals surface area contributed by atoms with Gasteiger partial charge in [-0.15, -0.1) is 0 Å². The van der Waals surface area contributed by atoms with Crippen LogP contribution in [0.4, 0.5) is 0 Å². The fourth-order valence-electron chi connectivity index (χ4n) is 1.32. The molecule has 1 atom stereocenters. The van der Waals surface area contributed by atoms with E-state index in [4.69, 9.17) is 16.3 Å². The first-order valence-electron chi connectivity index (χ1n) is 4.35. The maximum atomic E-state index is 11.5. The van der Waals surface area contributed by atoms with Crippen LogP contribution < -0.4 is 5.32 Å². The van der Waals surface area contributed by atoms with Gasteiger partial charge in [0.25, 0.3) is 5.91 Å². The zero-order chi connectivity index (χ0) is 9.97. The minimum absolute atomic E-state index is 0.0953. The van der Waals surface area contributed by atoms with Crippen molar-refractivity contribution in [3.8, 4) is 0 Å². The topological polar surface area (TPSA) is 67.0 Å². The summed E-state index contributed by atoms with van der Waals surface area (Å²) in [6.45, 7) is 1.27. The van der Waals surface area contributed by atoms with Gasteiger partial charge in [-0.05, 0) is 6.42 Å². The largest absolute Gasteiger partial charge is 0.379 e. The van der Waals surface area contributed by atoms with Crippen LogP contribution in [-0.2, 0) is 4.74 Å². The molecule has 76 valence electrons. The molecule has 1 fully saturated rings. The number of aromatic nitrogens is 2. The number of nitrogens with one attached hydrogen (secondary N) is 2. The van der Waals surface area contributed by atoms with E-state index in [9.17, 15) is 4.79 Å². The Kier molecular flexibility index (Phi) is 2.69. The Labute approximate surface area is 85.8 Å². The van der Waals surface area contributed by atoms with Gasteiger partial charge in [-0.25, -0.2) is 0 Å². The quantitative estimate of drug-likeness (QED) is 0.759. The minimum atomic E-state index is -0.219. The van der Waals surface area contributed by atoms with Crippen molar-refractivity contribution in [1.82, 2.24) is 15.5 Å². The van der Waals surface area contributed by atoms with Crippen LogP contribution in [0.1, 0.15) is 16.9 Å². The number of nitrogens with zero attached hydrogens (tertiary/aromatic N) is 1. The van der Waals surface area contributed by atoms with Gasteiger partial charge < -0.3 is 10.1 Å². The molecule has 0 unspecified atom stereocenters. The van der Waals surface area contributed by atoms with Gasteiger partial charge in [-0.3, -0.25) is 9.89 Å². The normalized spacial score (nSPS) is 21.1. The number of hydrogen-bond donors (Lipinski definition) is 2. The number of ether oxygens (including phenoxy) is 1.